The van der Waals surface area contributed by atoms with E-state index in [1.807, 2.05) is 0 Å². The van der Waals surface area contributed by atoms with Crippen LogP contribution in [0.1, 0.15) is 38.0 Å². The van der Waals surface area contributed by atoms with Crippen molar-refractivity contribution < 1.29 is 23.9 Å². The van der Waals surface area contributed by atoms with E-state index >= 15 is 0 Å². The number of ether oxygens (including phenoxy) is 2. The first-order valence-electron chi connectivity index (χ1n) is 7.72. The quantitative estimate of drug-likeness (QED) is 0.618. The second kappa shape index (κ2) is 6.39. The third-order valence-corrected chi connectivity index (χ3v) is 4.26. The second-order valence-electron chi connectivity index (χ2n) is 5.64. The van der Waals surface area contributed by atoms with Crippen molar-refractivity contribution in [3.8, 4) is 11.5 Å². The Kier molecular flexibility index (Phi) is 4.27. The summed E-state index contributed by atoms with van der Waals surface area (Å²) in [6.07, 6.45) is 0. The van der Waals surface area contributed by atoms with Gasteiger partial charge in [0.15, 0.2) is 17.3 Å². The highest BCUT2D eigenvalue weighted by Crippen LogP contribution is 2.30. The van der Waals surface area contributed by atoms with Crippen molar-refractivity contribution in [2.45, 2.75) is 13.0 Å². The van der Waals surface area contributed by atoms with Gasteiger partial charge in [-0.1, -0.05) is 12.1 Å². The Morgan fingerprint density at radius 3 is 2.00 bits per heavy atom. The number of rotatable bonds is 5. The van der Waals surface area contributed by atoms with E-state index in [4.69, 9.17) is 9.47 Å². The fraction of sp³-hybridized carbons (Fsp3) is 0.211. The molecular formula is C19H17NO5. The van der Waals surface area contributed by atoms with Gasteiger partial charge in [-0.2, -0.15) is 0 Å². The Morgan fingerprint density at radius 1 is 0.920 bits per heavy atom. The molecule has 1 atom stereocenters. The molecule has 1 aliphatic rings. The molecule has 0 N–H and O–H groups in total. The first kappa shape index (κ1) is 16.7. The molecular weight excluding hydrogens is 322 g/mol. The minimum absolute atomic E-state index is 0.319. The molecule has 0 saturated carbocycles. The fourth-order valence-corrected chi connectivity index (χ4v) is 2.91. The maximum atomic E-state index is 12.8. The molecule has 6 nitrogen and oxygen atoms in total. The molecule has 0 aromatic heterocycles. The van der Waals surface area contributed by atoms with Gasteiger partial charge in [0.25, 0.3) is 11.8 Å². The maximum Gasteiger partial charge on any atom is 0.262 e. The lowest BCUT2D eigenvalue weighted by Crippen LogP contribution is -2.42. The molecule has 0 radical (unpaired) electrons. The van der Waals surface area contributed by atoms with Gasteiger partial charge >= 0.3 is 0 Å². The van der Waals surface area contributed by atoms with Crippen LogP contribution in [0.5, 0.6) is 11.5 Å². The highest BCUT2D eigenvalue weighted by Gasteiger charge is 2.40. The van der Waals surface area contributed by atoms with Gasteiger partial charge in [0, 0.05) is 5.56 Å². The van der Waals surface area contributed by atoms with Crippen molar-refractivity contribution in [3.05, 3.63) is 59.2 Å². The topological polar surface area (TPSA) is 72.9 Å². The van der Waals surface area contributed by atoms with Gasteiger partial charge in [0.2, 0.25) is 0 Å². The Morgan fingerprint density at radius 2 is 1.48 bits per heavy atom. The summed E-state index contributed by atoms with van der Waals surface area (Å²) in [6.45, 7) is 1.54. The summed E-state index contributed by atoms with van der Waals surface area (Å²) in [5.74, 6) is -0.366. The standard InChI is InChI=1S/C19H17NO5/c1-11(17(21)12-8-9-15(24-2)16(10-12)25-3)20-18(22)13-6-4-5-7-14(13)19(20)23/h4-11H,1-3H3. The van der Waals surface area contributed by atoms with Crippen LogP contribution in [0.25, 0.3) is 0 Å². The van der Waals surface area contributed by atoms with E-state index in [1.165, 1.54) is 20.3 Å². The van der Waals surface area contributed by atoms with Crippen LogP contribution in [0.2, 0.25) is 0 Å². The molecule has 3 rings (SSSR count). The predicted octanol–water partition coefficient (Wildman–Crippen LogP) is 2.57. The summed E-state index contributed by atoms with van der Waals surface area (Å²) in [7, 11) is 2.97. The lowest BCUT2D eigenvalue weighted by Gasteiger charge is -2.21. The number of methoxy groups -OCH3 is 2. The fourth-order valence-electron chi connectivity index (χ4n) is 2.91. The van der Waals surface area contributed by atoms with Crippen LogP contribution in [0.15, 0.2) is 42.5 Å². The monoisotopic (exact) mass is 339 g/mol. The van der Waals surface area contributed by atoms with Crippen molar-refractivity contribution in [2.24, 2.45) is 0 Å². The first-order valence-corrected chi connectivity index (χ1v) is 7.72. The van der Waals surface area contributed by atoms with Crippen LogP contribution in [0.3, 0.4) is 0 Å². The van der Waals surface area contributed by atoms with Gasteiger partial charge in [0.05, 0.1) is 25.3 Å². The van der Waals surface area contributed by atoms with Crippen molar-refractivity contribution >= 4 is 17.6 Å². The van der Waals surface area contributed by atoms with Gasteiger partial charge in [-0.25, -0.2) is 0 Å². The molecule has 6 heteroatoms. The van der Waals surface area contributed by atoms with Gasteiger partial charge < -0.3 is 9.47 Å². The number of Topliss-reactive ketones (excluding diaryl/α,β-unsaturated/α-hetero) is 1. The molecule has 2 amide bonds. The summed E-state index contributed by atoms with van der Waals surface area (Å²) in [5, 5.41) is 0. The summed E-state index contributed by atoms with van der Waals surface area (Å²) in [5.41, 5.74) is 0.973. The number of imide groups is 1. The minimum atomic E-state index is -0.925. The van der Waals surface area contributed by atoms with Gasteiger partial charge in [0.1, 0.15) is 6.04 Å². The summed E-state index contributed by atoms with van der Waals surface area (Å²) in [4.78, 5) is 38.8. The van der Waals surface area contributed by atoms with Crippen LogP contribution < -0.4 is 9.47 Å². The van der Waals surface area contributed by atoms with Crippen LogP contribution >= 0.6 is 0 Å². The molecule has 0 bridgehead atoms. The number of amides is 2. The van der Waals surface area contributed by atoms with Crippen molar-refractivity contribution in [1.82, 2.24) is 4.90 Å². The Balaban J connectivity index is 1.92. The number of hydrogen-bond acceptors (Lipinski definition) is 5. The molecule has 2 aromatic rings. The molecule has 0 spiro atoms. The number of nitrogens with zero attached hydrogens (tertiary/aromatic N) is 1. The molecule has 1 heterocycles. The molecule has 1 unspecified atom stereocenters. The summed E-state index contributed by atoms with van der Waals surface area (Å²) in [6, 6.07) is 10.4. The smallest absolute Gasteiger partial charge is 0.262 e. The highest BCUT2D eigenvalue weighted by molar-refractivity contribution is 6.23. The largest absolute Gasteiger partial charge is 0.493 e. The number of fused-ring (bicyclic) bond motifs is 1. The van der Waals surface area contributed by atoms with E-state index in [0.717, 1.165) is 4.90 Å². The Labute approximate surface area is 145 Å². The summed E-state index contributed by atoms with van der Waals surface area (Å²) < 4.78 is 10.4. The Hall–Kier alpha value is -3.15. The van der Waals surface area contributed by atoms with Crippen molar-refractivity contribution in [1.29, 1.82) is 0 Å². The third kappa shape index (κ3) is 2.65. The number of carbonyl (C=O) groups excluding carboxylic acids is 3. The van der Waals surface area contributed by atoms with E-state index in [2.05, 4.69) is 0 Å². The van der Waals surface area contributed by atoms with E-state index in [1.54, 1.807) is 43.3 Å². The SMILES string of the molecule is COc1ccc(C(=O)C(C)N2C(=O)c3ccccc3C2=O)cc1OC. The zero-order valence-corrected chi connectivity index (χ0v) is 14.1. The number of ketones is 1. The highest BCUT2D eigenvalue weighted by atomic mass is 16.5. The van der Waals surface area contributed by atoms with Crippen LogP contribution in [-0.4, -0.2) is 42.8 Å². The van der Waals surface area contributed by atoms with Crippen LogP contribution in [-0.2, 0) is 0 Å². The molecule has 0 aliphatic carbocycles. The van der Waals surface area contributed by atoms with Crippen LogP contribution in [0.4, 0.5) is 0 Å². The van der Waals surface area contributed by atoms with E-state index in [9.17, 15) is 14.4 Å². The van der Waals surface area contributed by atoms with E-state index in [0.29, 0.717) is 28.2 Å². The van der Waals surface area contributed by atoms with Crippen molar-refractivity contribution in [2.75, 3.05) is 14.2 Å². The van der Waals surface area contributed by atoms with Gasteiger partial charge in [-0.3, -0.25) is 19.3 Å². The zero-order chi connectivity index (χ0) is 18.1. The lowest BCUT2D eigenvalue weighted by atomic mass is 10.0. The maximum absolute atomic E-state index is 12.8. The molecule has 0 fully saturated rings. The molecule has 128 valence electrons. The van der Waals surface area contributed by atoms with Crippen molar-refractivity contribution in [3.63, 3.8) is 0 Å². The molecule has 2 aromatic carbocycles. The number of carbonyl (C=O) groups is 3. The molecule has 25 heavy (non-hydrogen) atoms. The first-order chi connectivity index (χ1) is 12.0. The van der Waals surface area contributed by atoms with E-state index < -0.39 is 17.9 Å². The van der Waals surface area contributed by atoms with E-state index in [-0.39, 0.29) is 5.78 Å². The minimum Gasteiger partial charge on any atom is -0.493 e. The molecule has 0 saturated heterocycles. The third-order valence-electron chi connectivity index (χ3n) is 4.26. The average Bonchev–Trinajstić information content (AvgIpc) is 2.91. The van der Waals surface area contributed by atoms with Crippen LogP contribution in [0, 0.1) is 0 Å². The normalized spacial score (nSPS) is 14.3. The van der Waals surface area contributed by atoms with Gasteiger partial charge in [-0.15, -0.1) is 0 Å². The Bertz CT molecular complexity index is 839. The second-order valence-corrected chi connectivity index (χ2v) is 5.64. The average molecular weight is 339 g/mol. The lowest BCUT2D eigenvalue weighted by molar-refractivity contribution is 0.0555. The summed E-state index contributed by atoms with van der Waals surface area (Å²) >= 11 is 0. The molecule has 1 aliphatic heterocycles. The van der Waals surface area contributed by atoms with Gasteiger partial charge in [-0.05, 0) is 37.3 Å². The number of benzene rings is 2. The predicted molar refractivity (Wildman–Crippen MR) is 90.3 cm³/mol. The zero-order valence-electron chi connectivity index (χ0n) is 14.1. The number of hydrogen-bond donors (Lipinski definition) is 0.